The molecule has 35 heavy (non-hydrogen) atoms. The van der Waals surface area contributed by atoms with Gasteiger partial charge >= 0.3 is 0 Å². The summed E-state index contributed by atoms with van der Waals surface area (Å²) in [4.78, 5) is 4.94. The van der Waals surface area contributed by atoms with Crippen molar-refractivity contribution in [1.82, 2.24) is 4.98 Å². The average molecular weight is 635 g/mol. The van der Waals surface area contributed by atoms with Crippen molar-refractivity contribution in [3.8, 4) is 11.1 Å². The molecule has 1 aliphatic rings. The maximum atomic E-state index is 6.28. The van der Waals surface area contributed by atoms with Gasteiger partial charge in [-0.1, -0.05) is 84.0 Å². The number of rotatable bonds is 2. The van der Waals surface area contributed by atoms with Crippen LogP contribution in [-0.2, 0) is 36.4 Å². The molecule has 0 N–H and O–H groups in total. The number of nitrogens with zero attached hydrogens (tertiary/aromatic N) is 1. The molecule has 1 heterocycles. The standard InChI is InChI=1S/C33H32N.Ir/c1-22-12-11-15-30(34-22)33(23-13-9-8-10-14-23)28-20-24(31(2,3)4)16-18-26(28)27-19-17-25(21-29(27)33)32(5,6)7;/h1,8-13,15-21H,2-7H3;/q-1;. The van der Waals surface area contributed by atoms with Crippen molar-refractivity contribution in [2.45, 2.75) is 57.8 Å². The van der Waals surface area contributed by atoms with Crippen LogP contribution >= 0.6 is 0 Å². The van der Waals surface area contributed by atoms with Crippen molar-refractivity contribution in [2.75, 3.05) is 0 Å². The topological polar surface area (TPSA) is 12.9 Å². The van der Waals surface area contributed by atoms with Gasteiger partial charge in [0.25, 0.3) is 0 Å². The van der Waals surface area contributed by atoms with Gasteiger partial charge in [0.05, 0.1) is 11.1 Å². The first-order chi connectivity index (χ1) is 16.0. The van der Waals surface area contributed by atoms with E-state index in [0.717, 1.165) is 11.3 Å². The Balaban J connectivity index is 0.00000289. The smallest absolute Gasteiger partial charge is 0.0662 e. The SMILES string of the molecule is [CH]c1cccc(C2(c3[c-]cccc3)c3cc(C(C)(C)C)ccc3-c3ccc(C(C)(C)C)cc32)n1.[Ir]. The second kappa shape index (κ2) is 8.84. The molecule has 0 amide bonds. The van der Waals surface area contributed by atoms with Crippen LogP contribution in [0.3, 0.4) is 0 Å². The number of benzene rings is 3. The number of hydrogen-bond donors (Lipinski definition) is 0. The monoisotopic (exact) mass is 635 g/mol. The summed E-state index contributed by atoms with van der Waals surface area (Å²) in [6.07, 6.45) is 0. The molecule has 2 heteroatoms. The molecule has 4 aromatic rings. The van der Waals surface area contributed by atoms with Gasteiger partial charge in [0.1, 0.15) is 0 Å². The molecule has 0 aliphatic heterocycles. The van der Waals surface area contributed by atoms with E-state index in [-0.39, 0.29) is 30.9 Å². The van der Waals surface area contributed by atoms with E-state index in [1.165, 1.54) is 33.4 Å². The summed E-state index contributed by atoms with van der Waals surface area (Å²) in [5.41, 5.74) is 9.63. The van der Waals surface area contributed by atoms with Gasteiger partial charge in [-0.15, -0.1) is 5.56 Å². The van der Waals surface area contributed by atoms with Crippen molar-refractivity contribution < 1.29 is 20.1 Å². The van der Waals surface area contributed by atoms with Crippen molar-refractivity contribution in [1.29, 1.82) is 0 Å². The molecule has 1 aromatic heterocycles. The van der Waals surface area contributed by atoms with E-state index in [9.17, 15) is 0 Å². The second-order valence-corrected chi connectivity index (χ2v) is 11.5. The Kier molecular flexibility index (Phi) is 6.45. The molecule has 0 unspecified atom stereocenters. The van der Waals surface area contributed by atoms with Crippen LogP contribution < -0.4 is 0 Å². The van der Waals surface area contributed by atoms with Crippen LogP contribution in [0.2, 0.25) is 0 Å². The van der Waals surface area contributed by atoms with Crippen LogP contribution in [0, 0.1) is 13.0 Å². The normalized spacial score (nSPS) is 14.1. The molecule has 0 saturated heterocycles. The summed E-state index contributed by atoms with van der Waals surface area (Å²) in [6, 6.07) is 31.8. The molecular formula is C33H32IrN-. The van der Waals surface area contributed by atoms with E-state index in [1.807, 2.05) is 24.3 Å². The first-order valence-corrected chi connectivity index (χ1v) is 12.0. The van der Waals surface area contributed by atoms with Gasteiger partial charge < -0.3 is 0 Å². The summed E-state index contributed by atoms with van der Waals surface area (Å²) < 4.78 is 0. The molecule has 0 atom stereocenters. The third kappa shape index (κ3) is 4.11. The minimum absolute atomic E-state index is 0. The Labute approximate surface area is 224 Å². The summed E-state index contributed by atoms with van der Waals surface area (Å²) in [5.74, 6) is 0. The molecule has 0 saturated carbocycles. The van der Waals surface area contributed by atoms with Gasteiger partial charge in [-0.2, -0.15) is 30.3 Å². The van der Waals surface area contributed by atoms with Gasteiger partial charge in [0, 0.05) is 32.7 Å². The Hall–Kier alpha value is -2.54. The zero-order chi connectivity index (χ0) is 24.3. The zero-order valence-corrected chi connectivity index (χ0v) is 23.8. The fourth-order valence-electron chi connectivity index (χ4n) is 5.25. The largest absolute Gasteiger partial charge is 0.256 e. The van der Waals surface area contributed by atoms with Gasteiger partial charge in [-0.25, -0.2) is 0 Å². The summed E-state index contributed by atoms with van der Waals surface area (Å²) in [7, 11) is 0. The minimum atomic E-state index is -0.593. The van der Waals surface area contributed by atoms with Gasteiger partial charge in [0.15, 0.2) is 0 Å². The average Bonchev–Trinajstić information content (AvgIpc) is 3.08. The Morgan fingerprint density at radius 3 is 1.74 bits per heavy atom. The molecule has 0 bridgehead atoms. The van der Waals surface area contributed by atoms with E-state index in [0.29, 0.717) is 5.69 Å². The van der Waals surface area contributed by atoms with Crippen LogP contribution in [0.1, 0.15) is 80.7 Å². The van der Waals surface area contributed by atoms with E-state index in [2.05, 4.69) is 102 Å². The van der Waals surface area contributed by atoms with Crippen molar-refractivity contribution in [3.63, 3.8) is 0 Å². The molecule has 1 aliphatic carbocycles. The van der Waals surface area contributed by atoms with Crippen LogP contribution in [0.4, 0.5) is 0 Å². The Morgan fingerprint density at radius 1 is 0.714 bits per heavy atom. The first-order valence-electron chi connectivity index (χ1n) is 12.0. The quantitative estimate of drug-likeness (QED) is 0.180. The van der Waals surface area contributed by atoms with Crippen molar-refractivity contribution >= 4 is 0 Å². The molecule has 179 valence electrons. The van der Waals surface area contributed by atoms with Gasteiger partial charge in [0.2, 0.25) is 0 Å². The number of pyridine rings is 1. The summed E-state index contributed by atoms with van der Waals surface area (Å²) in [6.45, 7) is 19.9. The minimum Gasteiger partial charge on any atom is -0.256 e. The summed E-state index contributed by atoms with van der Waals surface area (Å²) >= 11 is 0. The number of hydrogen-bond acceptors (Lipinski definition) is 1. The van der Waals surface area contributed by atoms with Crippen molar-refractivity contribution in [2.24, 2.45) is 0 Å². The molecule has 3 aromatic carbocycles. The molecule has 3 radical (unpaired) electrons. The fourth-order valence-corrected chi connectivity index (χ4v) is 5.25. The first kappa shape index (κ1) is 25.5. The molecule has 1 nitrogen and oxygen atoms in total. The van der Waals surface area contributed by atoms with E-state index in [1.54, 1.807) is 0 Å². The van der Waals surface area contributed by atoms with Crippen LogP contribution in [0.5, 0.6) is 0 Å². The maximum absolute atomic E-state index is 6.28. The predicted octanol–water partition coefficient (Wildman–Crippen LogP) is 7.90. The molecule has 0 spiro atoms. The van der Waals surface area contributed by atoms with Crippen LogP contribution in [0.25, 0.3) is 11.1 Å². The zero-order valence-electron chi connectivity index (χ0n) is 21.4. The van der Waals surface area contributed by atoms with E-state index < -0.39 is 5.41 Å². The molecular weight excluding hydrogens is 603 g/mol. The Morgan fingerprint density at radius 2 is 1.29 bits per heavy atom. The maximum Gasteiger partial charge on any atom is 0.0662 e. The summed E-state index contributed by atoms with van der Waals surface area (Å²) in [5, 5.41) is 0. The molecule has 0 fully saturated rings. The number of fused-ring (bicyclic) bond motifs is 3. The van der Waals surface area contributed by atoms with Crippen molar-refractivity contribution in [3.05, 3.63) is 131 Å². The third-order valence-electron chi connectivity index (χ3n) is 7.14. The second-order valence-electron chi connectivity index (χ2n) is 11.5. The third-order valence-corrected chi connectivity index (χ3v) is 7.14. The predicted molar refractivity (Wildman–Crippen MR) is 141 cm³/mol. The fraction of sp³-hybridized carbons (Fsp3) is 0.273. The van der Waals surface area contributed by atoms with Gasteiger partial charge in [-0.05, 0) is 56.3 Å². The number of aromatic nitrogens is 1. The van der Waals surface area contributed by atoms with E-state index >= 15 is 0 Å². The van der Waals surface area contributed by atoms with Gasteiger partial charge in [-0.3, -0.25) is 4.98 Å². The van der Waals surface area contributed by atoms with Crippen LogP contribution in [0.15, 0.2) is 78.9 Å². The Bertz CT molecular complexity index is 1310. The van der Waals surface area contributed by atoms with E-state index in [4.69, 9.17) is 11.9 Å². The molecule has 5 rings (SSSR count). The van der Waals surface area contributed by atoms with Crippen LogP contribution in [-0.4, -0.2) is 4.98 Å².